The van der Waals surface area contributed by atoms with Crippen LogP contribution in [0.5, 0.6) is 0 Å². The van der Waals surface area contributed by atoms with Crippen molar-refractivity contribution in [2.24, 2.45) is 23.2 Å². The molecule has 7 atom stereocenters. The highest BCUT2D eigenvalue weighted by Gasteiger charge is 2.84. The fourth-order valence-electron chi connectivity index (χ4n) is 6.11. The van der Waals surface area contributed by atoms with Gasteiger partial charge in [0, 0.05) is 6.61 Å². The van der Waals surface area contributed by atoms with Crippen LogP contribution in [0.25, 0.3) is 0 Å². The maximum absolute atomic E-state index is 7.44. The predicted octanol–water partition coefficient (Wildman–Crippen LogP) is 12.4. The second kappa shape index (κ2) is 29.8. The molecule has 0 fully saturated rings. The van der Waals surface area contributed by atoms with Crippen LogP contribution in [0.2, 0.25) is 0 Å². The van der Waals surface area contributed by atoms with Gasteiger partial charge in [-0.15, -0.1) is 0 Å². The first-order chi connectivity index (χ1) is 27.3. The van der Waals surface area contributed by atoms with E-state index in [0.29, 0.717) is 32.3 Å². The van der Waals surface area contributed by atoms with E-state index in [4.69, 9.17) is 52.4 Å². The molecule has 58 heavy (non-hydrogen) atoms. The van der Waals surface area contributed by atoms with Gasteiger partial charge < -0.3 is 42.6 Å². The standard InChI is InChI=1S/C47H96O11/c1-19-25-27-32-50-47(55-41(14)24-6,57-43(16,17)18)44(36-48-30-22-4,45(54-39(11)12,49-31-26-20-2)52-34-38(9)10)46(51-33-29-37(7)8,53-35-40(13)23-5)58-56-42(15)28-21-3/h37-42H,19-36H2,1-18H3. The van der Waals surface area contributed by atoms with Gasteiger partial charge in [0.1, 0.15) is 0 Å². The predicted molar refractivity (Wildman–Crippen MR) is 234 cm³/mol. The van der Waals surface area contributed by atoms with Gasteiger partial charge >= 0.3 is 17.9 Å². The molecule has 0 heterocycles. The summed E-state index contributed by atoms with van der Waals surface area (Å²) in [5.41, 5.74) is -2.94. The van der Waals surface area contributed by atoms with E-state index in [-0.39, 0.29) is 63.5 Å². The summed E-state index contributed by atoms with van der Waals surface area (Å²) < 4.78 is 65.4. The summed E-state index contributed by atoms with van der Waals surface area (Å²) in [7, 11) is 0. The highest BCUT2D eigenvalue weighted by Crippen LogP contribution is 2.60. The van der Waals surface area contributed by atoms with Gasteiger partial charge in [-0.25, -0.2) is 4.89 Å². The van der Waals surface area contributed by atoms with E-state index in [1.165, 1.54) is 0 Å². The van der Waals surface area contributed by atoms with Gasteiger partial charge in [-0.3, -0.25) is 0 Å². The minimum atomic E-state index is -2.25. The molecule has 0 saturated carbocycles. The number of hydrogen-bond acceptors (Lipinski definition) is 11. The summed E-state index contributed by atoms with van der Waals surface area (Å²) in [5, 5.41) is 0. The number of rotatable bonds is 38. The number of unbranched alkanes of at least 4 members (excludes halogenated alkanes) is 3. The Morgan fingerprint density at radius 2 is 1.09 bits per heavy atom. The van der Waals surface area contributed by atoms with Crippen molar-refractivity contribution in [3.8, 4) is 0 Å². The van der Waals surface area contributed by atoms with Gasteiger partial charge in [0.25, 0.3) is 0 Å². The zero-order chi connectivity index (χ0) is 44.5. The lowest BCUT2D eigenvalue weighted by Crippen LogP contribution is -2.81. The average molecular weight is 837 g/mol. The third-order valence-electron chi connectivity index (χ3n) is 9.69. The molecule has 7 unspecified atom stereocenters. The van der Waals surface area contributed by atoms with Crippen LogP contribution in [0.15, 0.2) is 0 Å². The average Bonchev–Trinajstić information content (AvgIpc) is 3.14. The Kier molecular flexibility index (Phi) is 29.6. The molecule has 0 aromatic rings. The molecule has 0 amide bonds. The molecule has 11 heteroatoms. The Balaban J connectivity index is 9.68. The lowest BCUT2D eigenvalue weighted by atomic mass is 9.77. The zero-order valence-electron chi connectivity index (χ0n) is 41.2. The first-order valence-corrected chi connectivity index (χ1v) is 23.4. The van der Waals surface area contributed by atoms with Gasteiger partial charge in [-0.1, -0.05) is 108 Å². The molecule has 0 N–H and O–H groups in total. The van der Waals surface area contributed by atoms with Crippen LogP contribution in [0.4, 0.5) is 0 Å². The van der Waals surface area contributed by atoms with Crippen molar-refractivity contribution < 1.29 is 52.4 Å². The monoisotopic (exact) mass is 837 g/mol. The molecule has 0 aromatic carbocycles. The van der Waals surface area contributed by atoms with Crippen molar-refractivity contribution in [1.29, 1.82) is 0 Å². The third-order valence-corrected chi connectivity index (χ3v) is 9.69. The molecule has 0 bridgehead atoms. The summed E-state index contributed by atoms with van der Waals surface area (Å²) >= 11 is 0. The van der Waals surface area contributed by atoms with Gasteiger partial charge in [-0.2, -0.15) is 4.89 Å². The highest BCUT2D eigenvalue weighted by atomic mass is 17.3. The minimum Gasteiger partial charge on any atom is -0.380 e. The molecule has 350 valence electrons. The first kappa shape index (κ1) is 57.6. The molecule has 0 rings (SSSR count). The number of hydrogen-bond donors (Lipinski definition) is 0. The van der Waals surface area contributed by atoms with Crippen molar-refractivity contribution >= 4 is 0 Å². The molecular weight excluding hydrogens is 741 g/mol. The molecule has 0 aliphatic rings. The van der Waals surface area contributed by atoms with Crippen LogP contribution >= 0.6 is 0 Å². The van der Waals surface area contributed by atoms with E-state index in [2.05, 4.69) is 76.2 Å². The largest absolute Gasteiger partial charge is 0.380 e. The normalized spacial score (nSPS) is 18.6. The fourth-order valence-corrected chi connectivity index (χ4v) is 6.11. The summed E-state index contributed by atoms with van der Waals surface area (Å²) in [6, 6.07) is 0. The number of ether oxygens (including phenoxy) is 9. The third kappa shape index (κ3) is 18.9. The maximum Gasteiger partial charge on any atom is 0.336 e. The molecule has 0 aliphatic heterocycles. The zero-order valence-corrected chi connectivity index (χ0v) is 41.2. The van der Waals surface area contributed by atoms with Crippen LogP contribution < -0.4 is 0 Å². The van der Waals surface area contributed by atoms with Crippen molar-refractivity contribution in [3.05, 3.63) is 0 Å². The molecule has 0 radical (unpaired) electrons. The van der Waals surface area contributed by atoms with E-state index in [9.17, 15) is 0 Å². The van der Waals surface area contributed by atoms with Gasteiger partial charge in [-0.05, 0) is 105 Å². The van der Waals surface area contributed by atoms with E-state index in [1.807, 2.05) is 48.5 Å². The Hall–Kier alpha value is -0.440. The molecule has 0 saturated heterocycles. The van der Waals surface area contributed by atoms with Crippen molar-refractivity contribution in [2.45, 2.75) is 237 Å². The van der Waals surface area contributed by atoms with Crippen LogP contribution in [0, 0.1) is 23.2 Å². The van der Waals surface area contributed by atoms with Crippen LogP contribution in [0.1, 0.15) is 195 Å². The minimum absolute atomic E-state index is 0.0529. The van der Waals surface area contributed by atoms with E-state index in [0.717, 1.165) is 44.9 Å². The second-order valence-corrected chi connectivity index (χ2v) is 18.4. The highest BCUT2D eigenvalue weighted by molar-refractivity contribution is 5.06. The fraction of sp³-hybridized carbons (Fsp3) is 1.00. The van der Waals surface area contributed by atoms with Gasteiger partial charge in [0.2, 0.25) is 5.41 Å². The Labute approximate surface area is 358 Å². The summed E-state index contributed by atoms with van der Waals surface area (Å²) in [6.45, 7) is 38.5. The van der Waals surface area contributed by atoms with Crippen LogP contribution in [-0.2, 0) is 52.4 Å². The van der Waals surface area contributed by atoms with Crippen molar-refractivity contribution in [1.82, 2.24) is 0 Å². The Bertz CT molecular complexity index is 990. The van der Waals surface area contributed by atoms with E-state index in [1.54, 1.807) is 0 Å². The quantitative estimate of drug-likeness (QED) is 0.0257. The smallest absolute Gasteiger partial charge is 0.336 e. The summed E-state index contributed by atoms with van der Waals surface area (Å²) in [6.07, 6.45) is 7.41. The first-order valence-electron chi connectivity index (χ1n) is 23.4. The molecule has 11 nitrogen and oxygen atoms in total. The van der Waals surface area contributed by atoms with Crippen molar-refractivity contribution in [3.63, 3.8) is 0 Å². The van der Waals surface area contributed by atoms with Crippen LogP contribution in [-0.4, -0.2) is 88.1 Å². The topological polar surface area (TPSA) is 102 Å². The molecule has 0 aromatic heterocycles. The van der Waals surface area contributed by atoms with E-state index >= 15 is 0 Å². The second-order valence-electron chi connectivity index (χ2n) is 18.4. The Morgan fingerprint density at radius 3 is 1.60 bits per heavy atom. The maximum atomic E-state index is 7.44. The van der Waals surface area contributed by atoms with Gasteiger partial charge in [0.15, 0.2) is 0 Å². The Morgan fingerprint density at radius 1 is 0.483 bits per heavy atom. The molecule has 0 aliphatic carbocycles. The summed E-state index contributed by atoms with van der Waals surface area (Å²) in [4.78, 5) is 13.5. The SMILES string of the molecule is CCCCCOC(OC(C)CC)(OC(C)(C)C)C(COCCC)(C(OCCC(C)C)(OCC(C)CC)OOC(C)CCC)C(OCCCC)(OCC(C)C)OC(C)C. The van der Waals surface area contributed by atoms with Crippen LogP contribution in [0.3, 0.4) is 0 Å². The molecular formula is C47H96O11. The van der Waals surface area contributed by atoms with E-state index < -0.39 is 41.1 Å². The summed E-state index contributed by atoms with van der Waals surface area (Å²) in [5.74, 6) is -6.08. The lowest BCUT2D eigenvalue weighted by Gasteiger charge is -2.61. The van der Waals surface area contributed by atoms with Gasteiger partial charge in [0.05, 0.1) is 63.6 Å². The molecule has 0 spiro atoms. The van der Waals surface area contributed by atoms with Crippen molar-refractivity contribution in [2.75, 3.05) is 46.2 Å². The lowest BCUT2D eigenvalue weighted by molar-refractivity contribution is -0.647.